The van der Waals surface area contributed by atoms with Crippen LogP contribution in [-0.4, -0.2) is 17.5 Å². The Balaban J connectivity index is 0.00000112. The quantitative estimate of drug-likeness (QED) is 0.732. The van der Waals surface area contributed by atoms with Crippen molar-refractivity contribution in [2.45, 2.75) is 73.3 Å². The van der Waals surface area contributed by atoms with Crippen molar-refractivity contribution in [2.24, 2.45) is 0 Å². The van der Waals surface area contributed by atoms with Crippen molar-refractivity contribution < 1.29 is 14.3 Å². The predicted octanol–water partition coefficient (Wildman–Crippen LogP) is 5.61. The molecule has 0 bridgehead atoms. The Bertz CT molecular complexity index is 516. The third-order valence-electron chi connectivity index (χ3n) is 2.90. The minimum Gasteiger partial charge on any atom is -0.444 e. The molecule has 0 radical (unpaired) electrons. The lowest BCUT2D eigenvalue weighted by atomic mass is 9.90. The highest BCUT2D eigenvalue weighted by Gasteiger charge is 2.19. The number of ketones is 1. The van der Waals surface area contributed by atoms with Gasteiger partial charge in [0.05, 0.1) is 0 Å². The standard InChI is InChI=1S/C15H19NO3.2C2H6/c1-15(2,3)19-14(18)16-11-7-8-12-10(9-11)5-4-6-13(12)17;2*1-2/h7-9H,4-6H2,1-3H3,(H,16,18);2*1-2H3. The van der Waals surface area contributed by atoms with Gasteiger partial charge in [-0.05, 0) is 57.4 Å². The fourth-order valence-corrected chi connectivity index (χ4v) is 2.15. The first-order valence-electron chi connectivity index (χ1n) is 8.51. The zero-order chi connectivity index (χ0) is 18.0. The zero-order valence-corrected chi connectivity index (χ0v) is 15.6. The highest BCUT2D eigenvalue weighted by Crippen LogP contribution is 2.24. The number of rotatable bonds is 1. The maximum atomic E-state index is 11.7. The van der Waals surface area contributed by atoms with Gasteiger partial charge in [0.15, 0.2) is 5.78 Å². The summed E-state index contributed by atoms with van der Waals surface area (Å²) in [5.74, 6) is 0.185. The Morgan fingerprint density at radius 3 is 2.26 bits per heavy atom. The first-order chi connectivity index (χ1) is 10.8. The summed E-state index contributed by atoms with van der Waals surface area (Å²) in [6.07, 6.45) is 1.90. The molecule has 1 aromatic rings. The average Bonchev–Trinajstić information content (AvgIpc) is 2.49. The molecule has 0 atom stereocenters. The van der Waals surface area contributed by atoms with Gasteiger partial charge in [0.1, 0.15) is 5.60 Å². The van der Waals surface area contributed by atoms with Crippen LogP contribution in [0.5, 0.6) is 0 Å². The van der Waals surface area contributed by atoms with Crippen LogP contribution in [0.25, 0.3) is 0 Å². The molecule has 0 unspecified atom stereocenters. The number of carbonyl (C=O) groups excluding carboxylic acids is 2. The lowest BCUT2D eigenvalue weighted by molar-refractivity contribution is 0.0636. The Kier molecular flexibility index (Phi) is 9.23. The fourth-order valence-electron chi connectivity index (χ4n) is 2.15. The summed E-state index contributed by atoms with van der Waals surface area (Å²) in [7, 11) is 0. The van der Waals surface area contributed by atoms with E-state index < -0.39 is 11.7 Å². The van der Waals surface area contributed by atoms with E-state index >= 15 is 0 Å². The topological polar surface area (TPSA) is 55.4 Å². The monoisotopic (exact) mass is 321 g/mol. The Hall–Kier alpha value is -1.84. The molecule has 0 fully saturated rings. The van der Waals surface area contributed by atoms with Crippen LogP contribution in [0.15, 0.2) is 18.2 Å². The number of anilines is 1. The van der Waals surface area contributed by atoms with Gasteiger partial charge >= 0.3 is 6.09 Å². The van der Waals surface area contributed by atoms with E-state index in [-0.39, 0.29) is 5.78 Å². The molecule has 0 spiro atoms. The van der Waals surface area contributed by atoms with Crippen LogP contribution >= 0.6 is 0 Å². The van der Waals surface area contributed by atoms with Gasteiger partial charge in [0.25, 0.3) is 0 Å². The molecule has 1 aromatic carbocycles. The molecular weight excluding hydrogens is 290 g/mol. The number of amides is 1. The van der Waals surface area contributed by atoms with Crippen LogP contribution in [0.2, 0.25) is 0 Å². The zero-order valence-electron chi connectivity index (χ0n) is 15.6. The Morgan fingerprint density at radius 1 is 1.09 bits per heavy atom. The smallest absolute Gasteiger partial charge is 0.412 e. The van der Waals surface area contributed by atoms with E-state index in [1.807, 2.05) is 54.5 Å². The van der Waals surface area contributed by atoms with Gasteiger partial charge in [-0.1, -0.05) is 27.7 Å². The molecular formula is C19H31NO3. The van der Waals surface area contributed by atoms with E-state index in [1.54, 1.807) is 12.1 Å². The van der Waals surface area contributed by atoms with Gasteiger partial charge in [-0.15, -0.1) is 0 Å². The minimum atomic E-state index is -0.520. The van der Waals surface area contributed by atoms with Crippen molar-refractivity contribution >= 4 is 17.6 Å². The summed E-state index contributed by atoms with van der Waals surface area (Å²) >= 11 is 0. The number of hydrogen-bond donors (Lipinski definition) is 1. The van der Waals surface area contributed by atoms with E-state index in [9.17, 15) is 9.59 Å². The molecule has 130 valence electrons. The van der Waals surface area contributed by atoms with Crippen molar-refractivity contribution in [1.29, 1.82) is 0 Å². The van der Waals surface area contributed by atoms with Gasteiger partial charge in [0.2, 0.25) is 0 Å². The molecule has 0 heterocycles. The third-order valence-corrected chi connectivity index (χ3v) is 2.90. The van der Waals surface area contributed by atoms with Crippen LogP contribution in [0, 0.1) is 0 Å². The number of Topliss-reactive ketones (excluding diaryl/α,β-unsaturated/α-hetero) is 1. The summed E-state index contributed by atoms with van der Waals surface area (Å²) in [6, 6.07) is 5.38. The summed E-state index contributed by atoms with van der Waals surface area (Å²) < 4.78 is 5.19. The maximum absolute atomic E-state index is 11.7. The van der Waals surface area contributed by atoms with Gasteiger partial charge in [-0.25, -0.2) is 4.79 Å². The van der Waals surface area contributed by atoms with Gasteiger partial charge < -0.3 is 4.74 Å². The highest BCUT2D eigenvalue weighted by atomic mass is 16.6. The molecule has 0 aliphatic heterocycles. The second-order valence-corrected chi connectivity index (χ2v) is 5.78. The fraction of sp³-hybridized carbons (Fsp3) is 0.579. The number of carbonyl (C=O) groups is 2. The SMILES string of the molecule is CC.CC.CC(C)(C)OC(=O)Nc1ccc2c(c1)CCCC2=O. The third kappa shape index (κ3) is 7.31. The molecule has 4 heteroatoms. The number of benzene rings is 1. The number of aryl methyl sites for hydroxylation is 1. The molecule has 2 rings (SSSR count). The van der Waals surface area contributed by atoms with E-state index in [1.165, 1.54) is 0 Å². The summed E-state index contributed by atoms with van der Waals surface area (Å²) in [5.41, 5.74) is 1.93. The first-order valence-corrected chi connectivity index (χ1v) is 8.51. The molecule has 0 saturated heterocycles. The number of fused-ring (bicyclic) bond motifs is 1. The second-order valence-electron chi connectivity index (χ2n) is 5.78. The van der Waals surface area contributed by atoms with Gasteiger partial charge in [0, 0.05) is 17.7 Å². The summed E-state index contributed by atoms with van der Waals surface area (Å²) in [4.78, 5) is 23.4. The van der Waals surface area contributed by atoms with Crippen LogP contribution in [0.4, 0.5) is 10.5 Å². The van der Waals surface area contributed by atoms with E-state index in [4.69, 9.17) is 4.74 Å². The normalized spacial score (nSPS) is 12.7. The van der Waals surface area contributed by atoms with Crippen LogP contribution in [0.3, 0.4) is 0 Å². The molecule has 4 nitrogen and oxygen atoms in total. The molecule has 1 aliphatic carbocycles. The minimum absolute atomic E-state index is 0.185. The Morgan fingerprint density at radius 2 is 1.70 bits per heavy atom. The van der Waals surface area contributed by atoms with Crippen LogP contribution in [0.1, 0.15) is 77.2 Å². The molecule has 1 aliphatic rings. The average molecular weight is 321 g/mol. The van der Waals surface area contributed by atoms with Crippen molar-refractivity contribution in [3.8, 4) is 0 Å². The van der Waals surface area contributed by atoms with E-state index in [0.29, 0.717) is 12.1 Å². The van der Waals surface area contributed by atoms with Crippen molar-refractivity contribution in [3.05, 3.63) is 29.3 Å². The number of ether oxygens (including phenoxy) is 1. The molecule has 0 aromatic heterocycles. The summed E-state index contributed by atoms with van der Waals surface area (Å²) in [5, 5.41) is 2.69. The number of nitrogens with one attached hydrogen (secondary N) is 1. The molecule has 0 saturated carbocycles. The van der Waals surface area contributed by atoms with Crippen molar-refractivity contribution in [2.75, 3.05) is 5.32 Å². The van der Waals surface area contributed by atoms with E-state index in [2.05, 4.69) is 5.32 Å². The van der Waals surface area contributed by atoms with Crippen molar-refractivity contribution in [3.63, 3.8) is 0 Å². The second kappa shape index (κ2) is 10.0. The number of hydrogen-bond acceptors (Lipinski definition) is 3. The molecule has 1 N–H and O–H groups in total. The largest absolute Gasteiger partial charge is 0.444 e. The van der Waals surface area contributed by atoms with Crippen LogP contribution < -0.4 is 5.32 Å². The maximum Gasteiger partial charge on any atom is 0.412 e. The van der Waals surface area contributed by atoms with Crippen molar-refractivity contribution in [1.82, 2.24) is 0 Å². The lowest BCUT2D eigenvalue weighted by Crippen LogP contribution is -2.27. The van der Waals surface area contributed by atoms with E-state index in [0.717, 1.165) is 24.0 Å². The van der Waals surface area contributed by atoms with Gasteiger partial charge in [-0.3, -0.25) is 10.1 Å². The first kappa shape index (κ1) is 21.2. The lowest BCUT2D eigenvalue weighted by Gasteiger charge is -2.20. The molecule has 1 amide bonds. The summed E-state index contributed by atoms with van der Waals surface area (Å²) in [6.45, 7) is 13.5. The highest BCUT2D eigenvalue weighted by molar-refractivity contribution is 5.99. The molecule has 23 heavy (non-hydrogen) atoms. The Labute approximate surface area is 140 Å². The van der Waals surface area contributed by atoms with Crippen LogP contribution in [-0.2, 0) is 11.2 Å². The predicted molar refractivity (Wildman–Crippen MR) is 96.3 cm³/mol. The van der Waals surface area contributed by atoms with Gasteiger partial charge in [-0.2, -0.15) is 0 Å².